The summed E-state index contributed by atoms with van der Waals surface area (Å²) in [6.45, 7) is 0. The normalized spacial score (nSPS) is 29.5. The summed E-state index contributed by atoms with van der Waals surface area (Å²) in [6, 6.07) is 0. The summed E-state index contributed by atoms with van der Waals surface area (Å²) in [6.07, 6.45) is 1.67. The van der Waals surface area contributed by atoms with E-state index in [2.05, 4.69) is 0 Å². The van der Waals surface area contributed by atoms with Gasteiger partial charge in [0.1, 0.15) is 15.6 Å². The molecular formula is C8H10O4S. The summed E-state index contributed by atoms with van der Waals surface area (Å²) in [7, 11) is -2.97. The number of sulfone groups is 1. The molecule has 0 atom stereocenters. The smallest absolute Gasteiger partial charge is 0.172 e. The number of ketones is 1. The predicted octanol–water partition coefficient (Wildman–Crippen LogP) is 0.206. The van der Waals surface area contributed by atoms with Gasteiger partial charge in [-0.15, -0.1) is 0 Å². The summed E-state index contributed by atoms with van der Waals surface area (Å²) in [5, 5.41) is 9.31. The van der Waals surface area contributed by atoms with Crippen molar-refractivity contribution in [3.8, 4) is 0 Å². The van der Waals surface area contributed by atoms with Crippen molar-refractivity contribution in [2.24, 2.45) is 5.41 Å². The molecule has 0 saturated carbocycles. The zero-order valence-electron chi connectivity index (χ0n) is 6.99. The molecule has 1 fully saturated rings. The fourth-order valence-corrected chi connectivity index (χ4v) is 3.36. The average molecular weight is 202 g/mol. The minimum atomic E-state index is -2.97. The molecule has 0 aromatic heterocycles. The topological polar surface area (TPSA) is 71.4 Å². The summed E-state index contributed by atoms with van der Waals surface area (Å²) in [5.74, 6) is -0.0416. The quantitative estimate of drug-likeness (QED) is 0.609. The Morgan fingerprint density at radius 3 is 2.23 bits per heavy atom. The molecule has 0 radical (unpaired) electrons. The highest BCUT2D eigenvalue weighted by molar-refractivity contribution is 7.91. The van der Waals surface area contributed by atoms with Crippen LogP contribution in [0.3, 0.4) is 0 Å². The van der Waals surface area contributed by atoms with Crippen molar-refractivity contribution >= 4 is 15.6 Å². The molecule has 1 aliphatic carbocycles. The molecule has 0 amide bonds. The molecule has 0 bridgehead atoms. The number of rotatable bonds is 0. The molecule has 4 nitrogen and oxygen atoms in total. The van der Waals surface area contributed by atoms with E-state index in [4.69, 9.17) is 0 Å². The average Bonchev–Trinajstić information content (AvgIpc) is 2.04. The van der Waals surface area contributed by atoms with Gasteiger partial charge in [-0.25, -0.2) is 8.42 Å². The molecular weight excluding hydrogens is 192 g/mol. The number of hydrogen-bond acceptors (Lipinski definition) is 4. The zero-order chi connectivity index (χ0) is 9.69. The first-order valence-corrected chi connectivity index (χ1v) is 5.94. The molecule has 1 spiro atoms. The summed E-state index contributed by atoms with van der Waals surface area (Å²) in [5.41, 5.74) is -0.828. The lowest BCUT2D eigenvalue weighted by Crippen LogP contribution is -2.46. The van der Waals surface area contributed by atoms with E-state index in [0.29, 0.717) is 0 Å². The van der Waals surface area contributed by atoms with Crippen LogP contribution in [0.15, 0.2) is 11.8 Å². The van der Waals surface area contributed by atoms with Crippen LogP contribution >= 0.6 is 0 Å². The van der Waals surface area contributed by atoms with Gasteiger partial charge in [0.25, 0.3) is 0 Å². The molecule has 2 rings (SSSR count). The molecule has 1 saturated heterocycles. The lowest BCUT2D eigenvalue weighted by molar-refractivity contribution is -0.127. The van der Waals surface area contributed by atoms with Crippen LogP contribution in [0, 0.1) is 5.41 Å². The molecule has 1 heterocycles. The van der Waals surface area contributed by atoms with Gasteiger partial charge in [-0.05, 0) is 12.8 Å². The van der Waals surface area contributed by atoms with Crippen molar-refractivity contribution in [3.05, 3.63) is 11.8 Å². The van der Waals surface area contributed by atoms with Crippen LogP contribution in [-0.4, -0.2) is 30.8 Å². The first-order valence-electron chi connectivity index (χ1n) is 4.12. The van der Waals surface area contributed by atoms with Gasteiger partial charge in [0, 0.05) is 6.08 Å². The molecule has 2 aliphatic rings. The molecule has 0 aromatic rings. The minimum absolute atomic E-state index is 0.0106. The van der Waals surface area contributed by atoms with Gasteiger partial charge in [0.05, 0.1) is 16.9 Å². The highest BCUT2D eigenvalue weighted by Crippen LogP contribution is 2.45. The highest BCUT2D eigenvalue weighted by atomic mass is 32.2. The van der Waals surface area contributed by atoms with Gasteiger partial charge in [0.2, 0.25) is 0 Å². The Balaban J connectivity index is 2.24. The molecule has 72 valence electrons. The predicted molar refractivity (Wildman–Crippen MR) is 46.0 cm³/mol. The Bertz CT molecular complexity index is 376. The van der Waals surface area contributed by atoms with Gasteiger partial charge < -0.3 is 5.11 Å². The summed E-state index contributed by atoms with van der Waals surface area (Å²) in [4.78, 5) is 11.2. The minimum Gasteiger partial charge on any atom is -0.511 e. The maximum absolute atomic E-state index is 11.2. The van der Waals surface area contributed by atoms with E-state index in [0.717, 1.165) is 0 Å². The Labute approximate surface area is 76.2 Å². The first kappa shape index (κ1) is 8.74. The van der Waals surface area contributed by atoms with E-state index in [1.807, 2.05) is 0 Å². The highest BCUT2D eigenvalue weighted by Gasteiger charge is 2.51. The fraction of sp³-hybridized carbons (Fsp3) is 0.625. The van der Waals surface area contributed by atoms with E-state index in [9.17, 15) is 18.3 Å². The SMILES string of the molecule is O=C1C=C(O)C12CCS(=O)(=O)CC2. The van der Waals surface area contributed by atoms with Crippen molar-refractivity contribution < 1.29 is 18.3 Å². The van der Waals surface area contributed by atoms with Crippen molar-refractivity contribution in [1.82, 2.24) is 0 Å². The lowest BCUT2D eigenvalue weighted by atomic mass is 9.68. The number of hydrogen-bond donors (Lipinski definition) is 1. The largest absolute Gasteiger partial charge is 0.511 e. The van der Waals surface area contributed by atoms with Crippen molar-refractivity contribution in [3.63, 3.8) is 0 Å². The van der Waals surface area contributed by atoms with Crippen LogP contribution in [0.5, 0.6) is 0 Å². The molecule has 1 N–H and O–H groups in total. The van der Waals surface area contributed by atoms with Gasteiger partial charge in [-0.1, -0.05) is 0 Å². The number of carbonyl (C=O) groups excluding carboxylic acids is 1. The van der Waals surface area contributed by atoms with Crippen LogP contribution in [0.1, 0.15) is 12.8 Å². The van der Waals surface area contributed by atoms with Crippen LogP contribution in [0.4, 0.5) is 0 Å². The van der Waals surface area contributed by atoms with E-state index in [1.165, 1.54) is 6.08 Å². The van der Waals surface area contributed by atoms with E-state index in [1.54, 1.807) is 0 Å². The third-order valence-corrected chi connectivity index (χ3v) is 4.56. The molecule has 0 aromatic carbocycles. The Morgan fingerprint density at radius 2 is 1.85 bits per heavy atom. The monoisotopic (exact) mass is 202 g/mol. The standard InChI is InChI=1S/C8H10O4S/c9-6-5-7(10)8(6)1-3-13(11,12)4-2-8/h5,9H,1-4H2. The van der Waals surface area contributed by atoms with Gasteiger partial charge in [-0.2, -0.15) is 0 Å². The van der Waals surface area contributed by atoms with Crippen molar-refractivity contribution in [2.75, 3.05) is 11.5 Å². The van der Waals surface area contributed by atoms with Crippen molar-refractivity contribution in [2.45, 2.75) is 12.8 Å². The fourth-order valence-electron chi connectivity index (χ4n) is 1.84. The van der Waals surface area contributed by atoms with Crippen LogP contribution in [-0.2, 0) is 14.6 Å². The maximum atomic E-state index is 11.2. The zero-order valence-corrected chi connectivity index (χ0v) is 7.80. The number of aliphatic hydroxyl groups is 1. The Hall–Kier alpha value is -0.840. The Morgan fingerprint density at radius 1 is 1.31 bits per heavy atom. The summed E-state index contributed by atoms with van der Waals surface area (Å²) >= 11 is 0. The molecule has 0 unspecified atom stereocenters. The molecule has 1 aliphatic heterocycles. The van der Waals surface area contributed by atoms with Gasteiger partial charge in [0.15, 0.2) is 5.78 Å². The van der Waals surface area contributed by atoms with E-state index in [-0.39, 0.29) is 35.9 Å². The van der Waals surface area contributed by atoms with E-state index < -0.39 is 15.3 Å². The Kier molecular flexibility index (Phi) is 1.58. The van der Waals surface area contributed by atoms with Crippen LogP contribution in [0.25, 0.3) is 0 Å². The van der Waals surface area contributed by atoms with E-state index >= 15 is 0 Å². The van der Waals surface area contributed by atoms with Gasteiger partial charge in [-0.3, -0.25) is 4.79 Å². The maximum Gasteiger partial charge on any atom is 0.172 e. The third kappa shape index (κ3) is 1.10. The van der Waals surface area contributed by atoms with Crippen LogP contribution in [0.2, 0.25) is 0 Å². The first-order chi connectivity index (χ1) is 5.96. The number of carbonyl (C=O) groups is 1. The second-order valence-electron chi connectivity index (χ2n) is 3.63. The second kappa shape index (κ2) is 2.35. The third-order valence-electron chi connectivity index (χ3n) is 2.91. The van der Waals surface area contributed by atoms with Crippen LogP contribution < -0.4 is 0 Å². The summed E-state index contributed by atoms with van der Waals surface area (Å²) < 4.78 is 22.2. The second-order valence-corrected chi connectivity index (χ2v) is 5.93. The van der Waals surface area contributed by atoms with Crippen molar-refractivity contribution in [1.29, 1.82) is 0 Å². The van der Waals surface area contributed by atoms with Gasteiger partial charge >= 0.3 is 0 Å². The number of aliphatic hydroxyl groups excluding tert-OH is 1. The lowest BCUT2D eigenvalue weighted by Gasteiger charge is -2.39. The molecule has 13 heavy (non-hydrogen) atoms. The number of allylic oxidation sites excluding steroid dienone is 2. The molecule has 5 heteroatoms.